The summed E-state index contributed by atoms with van der Waals surface area (Å²) >= 11 is 0. The van der Waals surface area contributed by atoms with Crippen LogP contribution in [0.25, 0.3) is 0 Å². The molecular formula is C9H12N2O2. The Kier molecular flexibility index (Phi) is 2.84. The number of rotatable bonds is 3. The van der Waals surface area contributed by atoms with Crippen LogP contribution in [-0.2, 0) is 6.42 Å². The molecule has 0 atom stereocenters. The summed E-state index contributed by atoms with van der Waals surface area (Å²) in [4.78, 5) is 9.93. The van der Waals surface area contributed by atoms with E-state index in [1.165, 1.54) is 12.1 Å². The minimum Gasteiger partial charge on any atom is -0.398 e. The molecule has 0 saturated heterocycles. The number of nitro benzene ring substituents is 1. The highest BCUT2D eigenvalue weighted by Gasteiger charge is 2.07. The first kappa shape index (κ1) is 9.51. The second kappa shape index (κ2) is 3.89. The maximum Gasteiger partial charge on any atom is 0.271 e. The van der Waals surface area contributed by atoms with E-state index in [9.17, 15) is 10.1 Å². The summed E-state index contributed by atoms with van der Waals surface area (Å²) in [6.45, 7) is 2.04. The van der Waals surface area contributed by atoms with E-state index in [0.29, 0.717) is 5.69 Å². The number of nitrogens with two attached hydrogens (primary N) is 1. The highest BCUT2D eigenvalue weighted by atomic mass is 16.6. The molecule has 0 spiro atoms. The van der Waals surface area contributed by atoms with Crippen molar-refractivity contribution in [3.8, 4) is 0 Å². The van der Waals surface area contributed by atoms with E-state index in [0.717, 1.165) is 18.4 Å². The van der Waals surface area contributed by atoms with E-state index < -0.39 is 4.92 Å². The van der Waals surface area contributed by atoms with E-state index in [2.05, 4.69) is 0 Å². The van der Waals surface area contributed by atoms with Crippen LogP contribution in [0.15, 0.2) is 18.2 Å². The second-order valence-electron chi connectivity index (χ2n) is 2.89. The molecule has 0 heterocycles. The number of benzene rings is 1. The van der Waals surface area contributed by atoms with Gasteiger partial charge in [-0.2, -0.15) is 0 Å². The first-order valence-corrected chi connectivity index (χ1v) is 4.18. The lowest BCUT2D eigenvalue weighted by atomic mass is 10.1. The van der Waals surface area contributed by atoms with Crippen molar-refractivity contribution in [2.45, 2.75) is 19.8 Å². The van der Waals surface area contributed by atoms with Crippen molar-refractivity contribution >= 4 is 11.4 Å². The average Bonchev–Trinajstić information content (AvgIpc) is 2.08. The lowest BCUT2D eigenvalue weighted by Gasteiger charge is -2.02. The van der Waals surface area contributed by atoms with Gasteiger partial charge >= 0.3 is 0 Å². The van der Waals surface area contributed by atoms with Gasteiger partial charge in [0.15, 0.2) is 0 Å². The molecule has 1 rings (SSSR count). The van der Waals surface area contributed by atoms with Crippen molar-refractivity contribution in [3.05, 3.63) is 33.9 Å². The van der Waals surface area contributed by atoms with Gasteiger partial charge in [0.05, 0.1) is 4.92 Å². The maximum absolute atomic E-state index is 10.4. The Bertz CT molecular complexity index is 323. The zero-order valence-electron chi connectivity index (χ0n) is 7.49. The highest BCUT2D eigenvalue weighted by Crippen LogP contribution is 2.20. The Morgan fingerprint density at radius 1 is 1.54 bits per heavy atom. The van der Waals surface area contributed by atoms with Gasteiger partial charge < -0.3 is 5.73 Å². The van der Waals surface area contributed by atoms with Gasteiger partial charge in [-0.05, 0) is 12.0 Å². The Labute approximate surface area is 76.5 Å². The Morgan fingerprint density at radius 2 is 2.23 bits per heavy atom. The van der Waals surface area contributed by atoms with Gasteiger partial charge in [0.1, 0.15) is 0 Å². The molecule has 13 heavy (non-hydrogen) atoms. The monoisotopic (exact) mass is 180 g/mol. The molecule has 4 nitrogen and oxygen atoms in total. The molecule has 0 bridgehead atoms. The van der Waals surface area contributed by atoms with E-state index in [-0.39, 0.29) is 5.69 Å². The molecule has 0 fully saturated rings. The third kappa shape index (κ3) is 2.18. The van der Waals surface area contributed by atoms with Gasteiger partial charge in [-0.1, -0.05) is 19.4 Å². The van der Waals surface area contributed by atoms with Gasteiger partial charge in [-0.15, -0.1) is 0 Å². The molecule has 0 aliphatic carbocycles. The van der Waals surface area contributed by atoms with Crippen LogP contribution < -0.4 is 5.73 Å². The largest absolute Gasteiger partial charge is 0.398 e. The maximum atomic E-state index is 10.4. The number of non-ortho nitro benzene ring substituents is 1. The highest BCUT2D eigenvalue weighted by molar-refractivity contribution is 5.53. The smallest absolute Gasteiger partial charge is 0.271 e. The first-order valence-electron chi connectivity index (χ1n) is 4.18. The minimum absolute atomic E-state index is 0.0531. The SMILES string of the molecule is CCCc1ccc([N+](=O)[O-])cc1N. The van der Waals surface area contributed by atoms with Gasteiger partial charge in [0.2, 0.25) is 0 Å². The van der Waals surface area contributed by atoms with Crippen LogP contribution in [0.2, 0.25) is 0 Å². The molecule has 0 unspecified atom stereocenters. The number of anilines is 1. The normalized spacial score (nSPS) is 9.92. The van der Waals surface area contributed by atoms with Crippen LogP contribution in [-0.4, -0.2) is 4.92 Å². The summed E-state index contributed by atoms with van der Waals surface area (Å²) in [5.74, 6) is 0. The van der Waals surface area contributed by atoms with E-state index >= 15 is 0 Å². The number of nitrogen functional groups attached to an aromatic ring is 1. The molecular weight excluding hydrogens is 168 g/mol. The predicted octanol–water partition coefficient (Wildman–Crippen LogP) is 2.13. The summed E-state index contributed by atoms with van der Waals surface area (Å²) in [6, 6.07) is 4.61. The van der Waals surface area contributed by atoms with Crippen LogP contribution >= 0.6 is 0 Å². The first-order chi connectivity index (χ1) is 6.15. The molecule has 0 amide bonds. The van der Waals surface area contributed by atoms with Crippen LogP contribution in [0.4, 0.5) is 11.4 Å². The number of aryl methyl sites for hydroxylation is 1. The topological polar surface area (TPSA) is 69.2 Å². The summed E-state index contributed by atoms with van der Waals surface area (Å²) in [7, 11) is 0. The third-order valence-corrected chi connectivity index (χ3v) is 1.86. The predicted molar refractivity (Wildman–Crippen MR) is 51.5 cm³/mol. The third-order valence-electron chi connectivity index (χ3n) is 1.86. The van der Waals surface area contributed by atoms with Crippen LogP contribution in [0.3, 0.4) is 0 Å². The van der Waals surface area contributed by atoms with Gasteiger partial charge in [0.25, 0.3) is 5.69 Å². The molecule has 2 N–H and O–H groups in total. The quantitative estimate of drug-likeness (QED) is 0.440. The number of nitrogens with zero attached hydrogens (tertiary/aromatic N) is 1. The zero-order chi connectivity index (χ0) is 9.84. The van der Waals surface area contributed by atoms with Crippen LogP contribution in [0, 0.1) is 10.1 Å². The van der Waals surface area contributed by atoms with Crippen molar-refractivity contribution in [1.82, 2.24) is 0 Å². The summed E-state index contributed by atoms with van der Waals surface area (Å²) in [5.41, 5.74) is 7.18. The van der Waals surface area contributed by atoms with Gasteiger partial charge in [0, 0.05) is 17.8 Å². The molecule has 0 saturated carbocycles. The fourth-order valence-electron chi connectivity index (χ4n) is 1.19. The summed E-state index contributed by atoms with van der Waals surface area (Å²) in [6.07, 6.45) is 1.85. The molecule has 1 aromatic carbocycles. The zero-order valence-corrected chi connectivity index (χ0v) is 7.49. The number of nitro groups is 1. The standard InChI is InChI=1S/C9H12N2O2/c1-2-3-7-4-5-8(11(12)13)6-9(7)10/h4-6H,2-3,10H2,1H3. The van der Waals surface area contributed by atoms with Crippen LogP contribution in [0.5, 0.6) is 0 Å². The van der Waals surface area contributed by atoms with Gasteiger partial charge in [-0.25, -0.2) is 0 Å². The average molecular weight is 180 g/mol. The molecule has 0 radical (unpaired) electrons. The lowest BCUT2D eigenvalue weighted by Crippen LogP contribution is -1.96. The van der Waals surface area contributed by atoms with Crippen molar-refractivity contribution < 1.29 is 4.92 Å². The second-order valence-corrected chi connectivity index (χ2v) is 2.89. The Morgan fingerprint density at radius 3 is 2.69 bits per heavy atom. The molecule has 4 heteroatoms. The summed E-state index contributed by atoms with van der Waals surface area (Å²) < 4.78 is 0. The van der Waals surface area contributed by atoms with Crippen LogP contribution in [0.1, 0.15) is 18.9 Å². The van der Waals surface area contributed by atoms with Crippen molar-refractivity contribution in [2.75, 3.05) is 5.73 Å². The van der Waals surface area contributed by atoms with E-state index in [1.807, 2.05) is 6.92 Å². The van der Waals surface area contributed by atoms with Gasteiger partial charge in [-0.3, -0.25) is 10.1 Å². The Hall–Kier alpha value is -1.58. The van der Waals surface area contributed by atoms with E-state index in [4.69, 9.17) is 5.73 Å². The molecule has 70 valence electrons. The van der Waals surface area contributed by atoms with Crippen molar-refractivity contribution in [1.29, 1.82) is 0 Å². The van der Waals surface area contributed by atoms with Crippen molar-refractivity contribution in [2.24, 2.45) is 0 Å². The molecule has 0 aliphatic rings. The summed E-state index contributed by atoms with van der Waals surface area (Å²) in [5, 5.41) is 10.4. The Balaban J connectivity index is 2.98. The number of hydrogen-bond donors (Lipinski definition) is 1. The number of hydrogen-bond acceptors (Lipinski definition) is 3. The minimum atomic E-state index is -0.438. The molecule has 1 aromatic rings. The molecule has 0 aromatic heterocycles. The lowest BCUT2D eigenvalue weighted by molar-refractivity contribution is -0.384. The fraction of sp³-hybridized carbons (Fsp3) is 0.333. The fourth-order valence-corrected chi connectivity index (χ4v) is 1.19. The van der Waals surface area contributed by atoms with Crippen molar-refractivity contribution in [3.63, 3.8) is 0 Å². The van der Waals surface area contributed by atoms with E-state index in [1.54, 1.807) is 6.07 Å². The molecule has 0 aliphatic heterocycles.